The van der Waals surface area contributed by atoms with E-state index in [1.165, 1.54) is 37.4 Å². The highest BCUT2D eigenvalue weighted by molar-refractivity contribution is 5.94. The third kappa shape index (κ3) is 3.55. The number of hydrogen-bond acceptors (Lipinski definition) is 3. The van der Waals surface area contributed by atoms with Gasteiger partial charge in [-0.3, -0.25) is 4.79 Å². The van der Waals surface area contributed by atoms with Gasteiger partial charge in [-0.2, -0.15) is 5.10 Å². The predicted octanol–water partition coefficient (Wildman–Crippen LogP) is 4.07. The fourth-order valence-corrected chi connectivity index (χ4v) is 2.30. The van der Waals surface area contributed by atoms with Crippen molar-refractivity contribution in [1.29, 1.82) is 0 Å². The molecule has 25 heavy (non-hydrogen) atoms. The van der Waals surface area contributed by atoms with E-state index < -0.39 is 17.5 Å². The lowest BCUT2D eigenvalue weighted by atomic mass is 10.1. The largest absolute Gasteiger partial charge is 0.487 e. The Morgan fingerprint density at radius 1 is 1.08 bits per heavy atom. The first kappa shape index (κ1) is 16.8. The quantitative estimate of drug-likeness (QED) is 0.654. The van der Waals surface area contributed by atoms with Crippen molar-refractivity contribution in [1.82, 2.24) is 9.78 Å². The Hall–Kier alpha value is -3.09. The van der Waals surface area contributed by atoms with Gasteiger partial charge in [0.15, 0.2) is 17.4 Å². The average molecular weight is 346 g/mol. The average Bonchev–Trinajstić information content (AvgIpc) is 3.01. The molecule has 4 nitrogen and oxygen atoms in total. The van der Waals surface area contributed by atoms with Crippen molar-refractivity contribution in [2.24, 2.45) is 0 Å². The first-order valence-electron chi connectivity index (χ1n) is 7.38. The Morgan fingerprint density at radius 3 is 2.44 bits per heavy atom. The minimum absolute atomic E-state index is 0.0216. The maximum atomic E-state index is 13.7. The first-order valence-corrected chi connectivity index (χ1v) is 7.38. The molecule has 2 aromatic carbocycles. The highest BCUT2D eigenvalue weighted by Crippen LogP contribution is 2.20. The van der Waals surface area contributed by atoms with Crippen LogP contribution in [0.5, 0.6) is 5.75 Å². The van der Waals surface area contributed by atoms with Crippen molar-refractivity contribution in [3.05, 3.63) is 77.4 Å². The van der Waals surface area contributed by atoms with Crippen molar-refractivity contribution < 1.29 is 22.7 Å². The Bertz CT molecular complexity index is 918. The zero-order valence-corrected chi connectivity index (χ0v) is 13.2. The molecule has 0 aliphatic rings. The van der Waals surface area contributed by atoms with E-state index in [0.717, 1.165) is 22.9 Å². The number of ketones is 1. The lowest BCUT2D eigenvalue weighted by Gasteiger charge is -2.06. The molecule has 0 radical (unpaired) electrons. The normalized spacial score (nSPS) is 10.7. The van der Waals surface area contributed by atoms with Crippen LogP contribution in [0.2, 0.25) is 0 Å². The number of carbonyl (C=O) groups is 1. The second kappa shape index (κ2) is 6.80. The second-order valence-electron chi connectivity index (χ2n) is 5.31. The highest BCUT2D eigenvalue weighted by atomic mass is 19.1. The van der Waals surface area contributed by atoms with Crippen LogP contribution in [-0.2, 0) is 6.61 Å². The Labute approximate surface area is 141 Å². The molecule has 1 aromatic heterocycles. The number of carbonyl (C=O) groups excluding carboxylic acids is 1. The molecule has 128 valence electrons. The summed E-state index contributed by atoms with van der Waals surface area (Å²) in [6.45, 7) is 1.25. The van der Waals surface area contributed by atoms with Gasteiger partial charge in [0, 0.05) is 12.3 Å². The van der Waals surface area contributed by atoms with E-state index in [-0.39, 0.29) is 29.4 Å². The Morgan fingerprint density at radius 2 is 1.80 bits per heavy atom. The number of ether oxygens (including phenoxy) is 1. The summed E-state index contributed by atoms with van der Waals surface area (Å²) in [5, 5.41) is 4.05. The van der Waals surface area contributed by atoms with Crippen LogP contribution < -0.4 is 4.74 Å². The van der Waals surface area contributed by atoms with Crippen LogP contribution in [-0.4, -0.2) is 15.6 Å². The molecular formula is C18H13F3N2O2. The molecule has 0 unspecified atom stereocenters. The lowest BCUT2D eigenvalue weighted by molar-refractivity contribution is 0.101. The predicted molar refractivity (Wildman–Crippen MR) is 84.2 cm³/mol. The summed E-state index contributed by atoms with van der Waals surface area (Å²) in [6.07, 6.45) is 1.40. The third-order valence-corrected chi connectivity index (χ3v) is 3.52. The fourth-order valence-electron chi connectivity index (χ4n) is 2.30. The number of hydrogen-bond donors (Lipinski definition) is 0. The molecule has 3 rings (SSSR count). The SMILES string of the molecule is CC(=O)c1ccc(OCc2ccn(-c3c(F)cccc3F)n2)cc1F. The monoisotopic (exact) mass is 346 g/mol. The van der Waals surface area contributed by atoms with Crippen LogP contribution in [0.4, 0.5) is 13.2 Å². The van der Waals surface area contributed by atoms with E-state index in [4.69, 9.17) is 4.74 Å². The van der Waals surface area contributed by atoms with Gasteiger partial charge >= 0.3 is 0 Å². The van der Waals surface area contributed by atoms with Gasteiger partial charge in [0.2, 0.25) is 0 Å². The van der Waals surface area contributed by atoms with Crippen LogP contribution in [0.25, 0.3) is 5.69 Å². The molecule has 0 aliphatic heterocycles. The van der Waals surface area contributed by atoms with Crippen LogP contribution in [0.3, 0.4) is 0 Å². The van der Waals surface area contributed by atoms with Crippen molar-refractivity contribution >= 4 is 5.78 Å². The second-order valence-corrected chi connectivity index (χ2v) is 5.31. The highest BCUT2D eigenvalue weighted by Gasteiger charge is 2.13. The van der Waals surface area contributed by atoms with Gasteiger partial charge in [-0.1, -0.05) is 6.07 Å². The van der Waals surface area contributed by atoms with E-state index in [1.807, 2.05) is 0 Å². The summed E-state index contributed by atoms with van der Waals surface area (Å²) in [7, 11) is 0. The van der Waals surface area contributed by atoms with Gasteiger partial charge in [0.25, 0.3) is 0 Å². The molecule has 1 heterocycles. The summed E-state index contributed by atoms with van der Waals surface area (Å²) in [4.78, 5) is 11.2. The maximum Gasteiger partial charge on any atom is 0.162 e. The molecule has 0 bridgehead atoms. The van der Waals surface area contributed by atoms with Gasteiger partial charge in [0.05, 0.1) is 5.56 Å². The van der Waals surface area contributed by atoms with Gasteiger partial charge in [-0.15, -0.1) is 0 Å². The molecule has 7 heteroatoms. The zero-order valence-electron chi connectivity index (χ0n) is 13.2. The van der Waals surface area contributed by atoms with Gasteiger partial charge in [-0.25, -0.2) is 17.9 Å². The number of rotatable bonds is 5. The van der Waals surface area contributed by atoms with E-state index in [9.17, 15) is 18.0 Å². The number of Topliss-reactive ketones (excluding diaryl/α,β-unsaturated/α-hetero) is 1. The van der Waals surface area contributed by atoms with E-state index in [2.05, 4.69) is 5.10 Å². The summed E-state index contributed by atoms with van der Waals surface area (Å²) in [5.74, 6) is -2.32. The molecule has 0 spiro atoms. The molecule has 0 fully saturated rings. The number of aromatic nitrogens is 2. The Kier molecular flexibility index (Phi) is 4.56. The summed E-state index contributed by atoms with van der Waals surface area (Å²) in [5.41, 5.74) is 0.0935. The Balaban J connectivity index is 1.74. The van der Waals surface area contributed by atoms with Gasteiger partial charge in [0.1, 0.15) is 29.6 Å². The lowest BCUT2D eigenvalue weighted by Crippen LogP contribution is -2.04. The van der Waals surface area contributed by atoms with Crippen molar-refractivity contribution in [2.45, 2.75) is 13.5 Å². The minimum atomic E-state index is -0.738. The molecule has 0 aliphatic carbocycles. The summed E-state index contributed by atoms with van der Waals surface area (Å²) in [6, 6.07) is 8.97. The van der Waals surface area contributed by atoms with Crippen LogP contribution in [0.15, 0.2) is 48.7 Å². The molecule has 0 saturated carbocycles. The summed E-state index contributed by atoms with van der Waals surface area (Å²) >= 11 is 0. The minimum Gasteiger partial charge on any atom is -0.487 e. The van der Waals surface area contributed by atoms with Crippen LogP contribution >= 0.6 is 0 Å². The number of halogens is 3. The molecule has 0 N–H and O–H groups in total. The molecule has 0 saturated heterocycles. The summed E-state index contributed by atoms with van der Waals surface area (Å²) < 4.78 is 47.7. The number of benzene rings is 2. The first-order chi connectivity index (χ1) is 12.0. The van der Waals surface area contributed by atoms with Crippen molar-refractivity contribution in [2.75, 3.05) is 0 Å². The molecule has 0 amide bonds. The van der Waals surface area contributed by atoms with E-state index in [0.29, 0.717) is 5.69 Å². The standard InChI is InChI=1S/C18H13F3N2O2/c1-11(24)14-6-5-13(9-17(14)21)25-10-12-7-8-23(22-12)18-15(19)3-2-4-16(18)20/h2-9H,10H2,1H3. The molecular weight excluding hydrogens is 333 g/mol. The maximum absolute atomic E-state index is 13.7. The zero-order chi connectivity index (χ0) is 18.0. The van der Waals surface area contributed by atoms with Gasteiger partial charge in [-0.05, 0) is 37.3 Å². The van der Waals surface area contributed by atoms with Crippen LogP contribution in [0, 0.1) is 17.5 Å². The number of para-hydroxylation sites is 1. The van der Waals surface area contributed by atoms with Crippen molar-refractivity contribution in [3.8, 4) is 11.4 Å². The van der Waals surface area contributed by atoms with E-state index >= 15 is 0 Å². The smallest absolute Gasteiger partial charge is 0.162 e. The topological polar surface area (TPSA) is 44.1 Å². The molecule has 3 aromatic rings. The van der Waals surface area contributed by atoms with Crippen molar-refractivity contribution in [3.63, 3.8) is 0 Å². The van der Waals surface area contributed by atoms with Gasteiger partial charge < -0.3 is 4.74 Å². The third-order valence-electron chi connectivity index (χ3n) is 3.52. The number of nitrogens with zero attached hydrogens (tertiary/aromatic N) is 2. The fraction of sp³-hybridized carbons (Fsp3) is 0.111. The van der Waals surface area contributed by atoms with E-state index in [1.54, 1.807) is 0 Å². The van der Waals surface area contributed by atoms with Crippen LogP contribution in [0.1, 0.15) is 23.0 Å². The molecule has 0 atom stereocenters.